The van der Waals surface area contributed by atoms with E-state index >= 15 is 0 Å². The monoisotopic (exact) mass is 348 g/mol. The Morgan fingerprint density at radius 2 is 1.92 bits per heavy atom. The largest absolute Gasteiger partial charge is 0.384 e. The fourth-order valence-electron chi connectivity index (χ4n) is 2.40. The molecule has 0 aliphatic heterocycles. The molecule has 1 amide bonds. The lowest BCUT2D eigenvalue weighted by molar-refractivity contribution is -0.133. The van der Waals surface area contributed by atoms with Crippen molar-refractivity contribution in [2.75, 3.05) is 11.9 Å². The Hall–Kier alpha value is -2.07. The highest BCUT2D eigenvalue weighted by molar-refractivity contribution is 6.31. The SMILES string of the molecule is CC(C)N(Cc1ccccc1)C(=O)CCNc1ccc(F)c(Cl)c1. The van der Waals surface area contributed by atoms with Crippen LogP contribution < -0.4 is 5.32 Å². The van der Waals surface area contributed by atoms with Crippen molar-refractivity contribution in [2.24, 2.45) is 0 Å². The Balaban J connectivity index is 1.89. The van der Waals surface area contributed by atoms with Crippen LogP contribution in [0.4, 0.5) is 10.1 Å². The predicted molar refractivity (Wildman–Crippen MR) is 96.6 cm³/mol. The highest BCUT2D eigenvalue weighted by Crippen LogP contribution is 2.19. The molecule has 0 fully saturated rings. The van der Waals surface area contributed by atoms with Crippen LogP contribution >= 0.6 is 11.6 Å². The number of nitrogens with zero attached hydrogens (tertiary/aromatic N) is 1. The Kier molecular flexibility index (Phi) is 6.62. The van der Waals surface area contributed by atoms with Gasteiger partial charge in [0.1, 0.15) is 5.82 Å². The van der Waals surface area contributed by atoms with E-state index in [4.69, 9.17) is 11.6 Å². The standard InChI is InChI=1S/C19H22ClFN2O/c1-14(2)23(13-15-6-4-3-5-7-15)19(24)10-11-22-16-8-9-18(21)17(20)12-16/h3-9,12,14,22H,10-11,13H2,1-2H3. The second-order valence-electron chi connectivity index (χ2n) is 5.91. The van der Waals surface area contributed by atoms with Crippen molar-refractivity contribution in [1.82, 2.24) is 4.90 Å². The molecule has 0 heterocycles. The zero-order chi connectivity index (χ0) is 17.5. The first-order valence-corrected chi connectivity index (χ1v) is 8.37. The molecule has 1 N–H and O–H groups in total. The molecular weight excluding hydrogens is 327 g/mol. The van der Waals surface area contributed by atoms with E-state index in [0.717, 1.165) is 5.56 Å². The summed E-state index contributed by atoms with van der Waals surface area (Å²) in [6, 6.07) is 14.5. The molecule has 0 spiro atoms. The first-order chi connectivity index (χ1) is 11.5. The molecule has 0 saturated heterocycles. The zero-order valence-electron chi connectivity index (χ0n) is 13.9. The molecular formula is C19H22ClFN2O. The average Bonchev–Trinajstić information content (AvgIpc) is 2.56. The smallest absolute Gasteiger partial charge is 0.224 e. The van der Waals surface area contributed by atoms with Gasteiger partial charge in [-0.2, -0.15) is 0 Å². The minimum atomic E-state index is -0.452. The minimum absolute atomic E-state index is 0.0687. The Morgan fingerprint density at radius 3 is 2.54 bits per heavy atom. The van der Waals surface area contributed by atoms with E-state index in [1.165, 1.54) is 12.1 Å². The summed E-state index contributed by atoms with van der Waals surface area (Å²) in [5, 5.41) is 3.17. The van der Waals surface area contributed by atoms with Gasteiger partial charge in [0.25, 0.3) is 0 Å². The lowest BCUT2D eigenvalue weighted by Crippen LogP contribution is -2.37. The molecule has 0 aliphatic carbocycles. The van der Waals surface area contributed by atoms with Crippen molar-refractivity contribution in [3.05, 3.63) is 64.9 Å². The molecule has 0 saturated carbocycles. The summed E-state index contributed by atoms with van der Waals surface area (Å²) in [7, 11) is 0. The van der Waals surface area contributed by atoms with Gasteiger partial charge in [0.05, 0.1) is 5.02 Å². The summed E-state index contributed by atoms with van der Waals surface area (Å²) >= 11 is 5.75. The van der Waals surface area contributed by atoms with Crippen LogP contribution in [0.2, 0.25) is 5.02 Å². The average molecular weight is 349 g/mol. The zero-order valence-corrected chi connectivity index (χ0v) is 14.7. The third-order valence-corrected chi connectivity index (χ3v) is 4.02. The molecule has 0 aromatic heterocycles. The molecule has 24 heavy (non-hydrogen) atoms. The summed E-state index contributed by atoms with van der Waals surface area (Å²) in [6.07, 6.45) is 0.361. The van der Waals surface area contributed by atoms with Crippen LogP contribution in [0.15, 0.2) is 48.5 Å². The summed E-state index contributed by atoms with van der Waals surface area (Å²) in [5.74, 6) is -0.373. The fourth-order valence-corrected chi connectivity index (χ4v) is 2.58. The third-order valence-electron chi connectivity index (χ3n) is 3.73. The highest BCUT2D eigenvalue weighted by atomic mass is 35.5. The number of benzene rings is 2. The van der Waals surface area contributed by atoms with Gasteiger partial charge < -0.3 is 10.2 Å². The van der Waals surface area contributed by atoms with E-state index in [-0.39, 0.29) is 17.0 Å². The molecule has 0 atom stereocenters. The molecule has 3 nitrogen and oxygen atoms in total. The summed E-state index contributed by atoms with van der Waals surface area (Å²) in [5.41, 5.74) is 1.81. The van der Waals surface area contributed by atoms with Crippen molar-refractivity contribution in [1.29, 1.82) is 0 Å². The van der Waals surface area contributed by atoms with Gasteiger partial charge in [-0.3, -0.25) is 4.79 Å². The van der Waals surface area contributed by atoms with E-state index in [0.29, 0.717) is 25.2 Å². The number of amides is 1. The summed E-state index contributed by atoms with van der Waals surface area (Å²) in [6.45, 7) is 5.08. The topological polar surface area (TPSA) is 32.3 Å². The molecule has 0 radical (unpaired) electrons. The van der Waals surface area contributed by atoms with Gasteiger partial charge in [0, 0.05) is 31.2 Å². The number of hydrogen-bond acceptors (Lipinski definition) is 2. The van der Waals surface area contributed by atoms with E-state index in [1.807, 2.05) is 49.1 Å². The summed E-state index contributed by atoms with van der Waals surface area (Å²) in [4.78, 5) is 14.4. The van der Waals surface area contributed by atoms with Gasteiger partial charge in [-0.05, 0) is 37.6 Å². The molecule has 0 unspecified atom stereocenters. The van der Waals surface area contributed by atoms with Crippen molar-refractivity contribution in [3.63, 3.8) is 0 Å². The van der Waals surface area contributed by atoms with Gasteiger partial charge in [-0.15, -0.1) is 0 Å². The third kappa shape index (κ3) is 5.24. The maximum absolute atomic E-state index is 13.1. The Labute approximate surface area is 147 Å². The Morgan fingerprint density at radius 1 is 1.21 bits per heavy atom. The molecule has 2 aromatic carbocycles. The fraction of sp³-hybridized carbons (Fsp3) is 0.316. The van der Waals surface area contributed by atoms with Gasteiger partial charge in [-0.25, -0.2) is 4.39 Å². The van der Waals surface area contributed by atoms with Crippen molar-refractivity contribution in [2.45, 2.75) is 32.9 Å². The quantitative estimate of drug-likeness (QED) is 0.785. The van der Waals surface area contributed by atoms with Gasteiger partial charge in [-0.1, -0.05) is 41.9 Å². The molecule has 0 bridgehead atoms. The van der Waals surface area contributed by atoms with Gasteiger partial charge in [0.15, 0.2) is 0 Å². The number of carbonyl (C=O) groups excluding carboxylic acids is 1. The number of rotatable bonds is 7. The number of carbonyl (C=O) groups is 1. The van der Waals surface area contributed by atoms with Crippen LogP contribution in [0.3, 0.4) is 0 Å². The van der Waals surface area contributed by atoms with Crippen LogP contribution in [-0.2, 0) is 11.3 Å². The first-order valence-electron chi connectivity index (χ1n) is 7.99. The molecule has 0 aliphatic rings. The first kappa shape index (κ1) is 18.3. The number of anilines is 1. The lowest BCUT2D eigenvalue weighted by Gasteiger charge is -2.27. The predicted octanol–water partition coefficient (Wildman–Crippen LogP) is 4.72. The van der Waals surface area contributed by atoms with Crippen molar-refractivity contribution < 1.29 is 9.18 Å². The van der Waals surface area contributed by atoms with Gasteiger partial charge >= 0.3 is 0 Å². The summed E-state index contributed by atoms with van der Waals surface area (Å²) < 4.78 is 13.1. The lowest BCUT2D eigenvalue weighted by atomic mass is 10.1. The van der Waals surface area contributed by atoms with Crippen molar-refractivity contribution >= 4 is 23.2 Å². The second-order valence-corrected chi connectivity index (χ2v) is 6.31. The molecule has 2 aromatic rings. The number of halogens is 2. The molecule has 5 heteroatoms. The highest BCUT2D eigenvalue weighted by Gasteiger charge is 2.16. The van der Waals surface area contributed by atoms with E-state index < -0.39 is 5.82 Å². The van der Waals surface area contributed by atoms with Crippen LogP contribution in [-0.4, -0.2) is 23.4 Å². The van der Waals surface area contributed by atoms with Crippen LogP contribution in [0, 0.1) is 5.82 Å². The molecule has 128 valence electrons. The van der Waals surface area contributed by atoms with Crippen LogP contribution in [0.25, 0.3) is 0 Å². The number of nitrogens with one attached hydrogen (secondary N) is 1. The maximum Gasteiger partial charge on any atom is 0.224 e. The Bertz CT molecular complexity index is 676. The van der Waals surface area contributed by atoms with Gasteiger partial charge in [0.2, 0.25) is 5.91 Å². The van der Waals surface area contributed by atoms with Crippen molar-refractivity contribution in [3.8, 4) is 0 Å². The van der Waals surface area contributed by atoms with E-state index in [2.05, 4.69) is 5.32 Å². The maximum atomic E-state index is 13.1. The normalized spacial score (nSPS) is 10.7. The van der Waals surface area contributed by atoms with E-state index in [9.17, 15) is 9.18 Å². The van der Waals surface area contributed by atoms with Crippen LogP contribution in [0.5, 0.6) is 0 Å². The van der Waals surface area contributed by atoms with E-state index in [1.54, 1.807) is 6.07 Å². The number of hydrogen-bond donors (Lipinski definition) is 1. The molecule has 2 rings (SSSR count). The minimum Gasteiger partial charge on any atom is -0.384 e. The second kappa shape index (κ2) is 8.69. The van der Waals surface area contributed by atoms with Crippen LogP contribution in [0.1, 0.15) is 25.8 Å².